The Bertz CT molecular complexity index is 341. The van der Waals surface area contributed by atoms with Crippen LogP contribution in [-0.2, 0) is 10.2 Å². The Balaban J connectivity index is 2.66. The van der Waals surface area contributed by atoms with Crippen molar-refractivity contribution in [2.24, 2.45) is 5.92 Å². The van der Waals surface area contributed by atoms with Crippen LogP contribution >= 0.6 is 0 Å². The van der Waals surface area contributed by atoms with Gasteiger partial charge in [-0.1, -0.05) is 26.7 Å². The molecule has 0 aromatic heterocycles. The Morgan fingerprint density at radius 2 is 1.72 bits per heavy atom. The molecule has 6 heteroatoms. The van der Waals surface area contributed by atoms with E-state index in [4.69, 9.17) is 0 Å². The maximum Gasteiger partial charge on any atom is 0.281 e. The Labute approximate surface area is 111 Å². The molecule has 0 bridgehead atoms. The molecule has 108 valence electrons. The standard InChI is InChI=1S/C12H26N2O3S/c1-4-14(5-2)18(16,17)13(3)10-11-8-6-7-9-12(11)15/h11-12,15H,4-10H2,1-3H3. The molecule has 0 aromatic rings. The van der Waals surface area contributed by atoms with Crippen LogP contribution in [0.15, 0.2) is 0 Å². The Morgan fingerprint density at radius 3 is 2.22 bits per heavy atom. The SMILES string of the molecule is CCN(CC)S(=O)(=O)N(C)CC1CCCCC1O. The number of rotatable bonds is 6. The van der Waals surface area contributed by atoms with Crippen LogP contribution in [0.3, 0.4) is 0 Å². The highest BCUT2D eigenvalue weighted by atomic mass is 32.2. The van der Waals surface area contributed by atoms with Gasteiger partial charge in [0, 0.05) is 26.7 Å². The minimum absolute atomic E-state index is 0.0779. The van der Waals surface area contributed by atoms with Gasteiger partial charge >= 0.3 is 0 Å². The number of hydrogen-bond acceptors (Lipinski definition) is 3. The minimum atomic E-state index is -3.37. The zero-order valence-corrected chi connectivity index (χ0v) is 12.5. The molecule has 1 N–H and O–H groups in total. The highest BCUT2D eigenvalue weighted by molar-refractivity contribution is 7.86. The number of nitrogens with zero attached hydrogens (tertiary/aromatic N) is 2. The van der Waals surface area contributed by atoms with Gasteiger partial charge in [0.25, 0.3) is 10.2 Å². The summed E-state index contributed by atoms with van der Waals surface area (Å²) in [5, 5.41) is 9.90. The van der Waals surface area contributed by atoms with Gasteiger partial charge in [0.15, 0.2) is 0 Å². The van der Waals surface area contributed by atoms with Crippen LogP contribution in [0.5, 0.6) is 0 Å². The van der Waals surface area contributed by atoms with Gasteiger partial charge < -0.3 is 5.11 Å². The van der Waals surface area contributed by atoms with E-state index in [1.165, 1.54) is 8.61 Å². The van der Waals surface area contributed by atoms with E-state index >= 15 is 0 Å². The summed E-state index contributed by atoms with van der Waals surface area (Å²) >= 11 is 0. The fourth-order valence-corrected chi connectivity index (χ4v) is 4.00. The third-order valence-electron chi connectivity index (χ3n) is 3.79. The highest BCUT2D eigenvalue weighted by Crippen LogP contribution is 2.25. The van der Waals surface area contributed by atoms with Crippen molar-refractivity contribution in [1.82, 2.24) is 8.61 Å². The van der Waals surface area contributed by atoms with Crippen molar-refractivity contribution in [2.75, 3.05) is 26.7 Å². The quantitative estimate of drug-likeness (QED) is 0.790. The second-order valence-corrected chi connectivity index (χ2v) is 7.02. The first-order valence-electron chi connectivity index (χ1n) is 6.82. The predicted molar refractivity (Wildman–Crippen MR) is 72.4 cm³/mol. The van der Waals surface area contributed by atoms with E-state index in [0.29, 0.717) is 19.6 Å². The normalized spacial score (nSPS) is 25.9. The van der Waals surface area contributed by atoms with Crippen LogP contribution in [-0.4, -0.2) is 54.9 Å². The fourth-order valence-electron chi connectivity index (χ4n) is 2.57. The molecular formula is C12H26N2O3S. The van der Waals surface area contributed by atoms with Gasteiger partial charge in [-0.05, 0) is 18.8 Å². The molecule has 5 nitrogen and oxygen atoms in total. The zero-order valence-electron chi connectivity index (χ0n) is 11.7. The molecule has 0 saturated heterocycles. The van der Waals surface area contributed by atoms with Crippen molar-refractivity contribution in [3.63, 3.8) is 0 Å². The molecule has 2 unspecified atom stereocenters. The van der Waals surface area contributed by atoms with Gasteiger partial charge in [-0.3, -0.25) is 0 Å². The summed E-state index contributed by atoms with van der Waals surface area (Å²) in [5.74, 6) is 0.0779. The van der Waals surface area contributed by atoms with Crippen molar-refractivity contribution in [1.29, 1.82) is 0 Å². The van der Waals surface area contributed by atoms with Crippen LogP contribution in [0.1, 0.15) is 39.5 Å². The summed E-state index contributed by atoms with van der Waals surface area (Å²) in [7, 11) is -1.76. The van der Waals surface area contributed by atoms with Crippen LogP contribution in [0.25, 0.3) is 0 Å². The molecule has 0 radical (unpaired) electrons. The van der Waals surface area contributed by atoms with E-state index in [-0.39, 0.29) is 12.0 Å². The molecular weight excluding hydrogens is 252 g/mol. The summed E-state index contributed by atoms with van der Waals surface area (Å²) in [6.07, 6.45) is 3.49. The maximum atomic E-state index is 12.2. The van der Waals surface area contributed by atoms with E-state index < -0.39 is 10.2 Å². The van der Waals surface area contributed by atoms with Gasteiger partial charge in [-0.2, -0.15) is 17.0 Å². The average Bonchev–Trinajstić information content (AvgIpc) is 2.33. The third-order valence-corrected chi connectivity index (χ3v) is 5.89. The second-order valence-electron chi connectivity index (χ2n) is 4.98. The van der Waals surface area contributed by atoms with Gasteiger partial charge in [-0.15, -0.1) is 0 Å². The first-order chi connectivity index (χ1) is 8.43. The van der Waals surface area contributed by atoms with Crippen LogP contribution in [0.4, 0.5) is 0 Å². The summed E-state index contributed by atoms with van der Waals surface area (Å²) in [6, 6.07) is 0. The van der Waals surface area contributed by atoms with Gasteiger partial charge in [0.2, 0.25) is 0 Å². The fraction of sp³-hybridized carbons (Fsp3) is 1.00. The monoisotopic (exact) mass is 278 g/mol. The smallest absolute Gasteiger partial charge is 0.281 e. The molecule has 1 fully saturated rings. The van der Waals surface area contributed by atoms with Crippen molar-refractivity contribution < 1.29 is 13.5 Å². The van der Waals surface area contributed by atoms with Crippen molar-refractivity contribution in [2.45, 2.75) is 45.6 Å². The molecule has 0 heterocycles. The average molecular weight is 278 g/mol. The lowest BCUT2D eigenvalue weighted by atomic mass is 9.86. The number of aliphatic hydroxyl groups is 1. The molecule has 0 aromatic carbocycles. The van der Waals surface area contributed by atoms with E-state index in [1.54, 1.807) is 7.05 Å². The molecule has 0 spiro atoms. The zero-order chi connectivity index (χ0) is 13.8. The summed E-state index contributed by atoms with van der Waals surface area (Å²) < 4.78 is 27.3. The van der Waals surface area contributed by atoms with Crippen LogP contribution in [0.2, 0.25) is 0 Å². The van der Waals surface area contributed by atoms with Crippen molar-refractivity contribution in [3.05, 3.63) is 0 Å². The lowest BCUT2D eigenvalue weighted by Crippen LogP contribution is -2.45. The van der Waals surface area contributed by atoms with Crippen molar-refractivity contribution >= 4 is 10.2 Å². The first kappa shape index (κ1) is 15.9. The van der Waals surface area contributed by atoms with Gasteiger partial charge in [0.1, 0.15) is 0 Å². The number of hydrogen-bond donors (Lipinski definition) is 1. The first-order valence-corrected chi connectivity index (χ1v) is 8.22. The predicted octanol–water partition coefficient (Wildman–Crippen LogP) is 1.06. The second kappa shape index (κ2) is 6.84. The van der Waals surface area contributed by atoms with E-state index in [0.717, 1.165) is 25.7 Å². The van der Waals surface area contributed by atoms with Crippen LogP contribution < -0.4 is 0 Å². The molecule has 0 aliphatic heterocycles. The Kier molecular flexibility index (Phi) is 6.04. The van der Waals surface area contributed by atoms with Gasteiger partial charge in [0.05, 0.1) is 6.10 Å². The summed E-state index contributed by atoms with van der Waals surface area (Å²) in [6.45, 7) is 5.06. The molecule has 1 aliphatic rings. The van der Waals surface area contributed by atoms with E-state index in [9.17, 15) is 13.5 Å². The summed E-state index contributed by atoms with van der Waals surface area (Å²) in [5.41, 5.74) is 0. The lowest BCUT2D eigenvalue weighted by Gasteiger charge is -2.32. The topological polar surface area (TPSA) is 60.9 Å². The molecule has 0 amide bonds. The Morgan fingerprint density at radius 1 is 1.17 bits per heavy atom. The molecule has 2 atom stereocenters. The van der Waals surface area contributed by atoms with E-state index in [2.05, 4.69) is 0 Å². The summed E-state index contributed by atoms with van der Waals surface area (Å²) in [4.78, 5) is 0. The number of aliphatic hydroxyl groups excluding tert-OH is 1. The Hall–Kier alpha value is -0.170. The third kappa shape index (κ3) is 3.66. The highest BCUT2D eigenvalue weighted by Gasteiger charge is 2.30. The van der Waals surface area contributed by atoms with Crippen molar-refractivity contribution in [3.8, 4) is 0 Å². The lowest BCUT2D eigenvalue weighted by molar-refractivity contribution is 0.0614. The molecule has 1 saturated carbocycles. The van der Waals surface area contributed by atoms with Crippen LogP contribution in [0, 0.1) is 5.92 Å². The minimum Gasteiger partial charge on any atom is -0.393 e. The molecule has 18 heavy (non-hydrogen) atoms. The van der Waals surface area contributed by atoms with Gasteiger partial charge in [-0.25, -0.2) is 0 Å². The largest absolute Gasteiger partial charge is 0.393 e. The maximum absolute atomic E-state index is 12.2. The molecule has 1 aliphatic carbocycles. The molecule has 1 rings (SSSR count). The van der Waals surface area contributed by atoms with E-state index in [1.807, 2.05) is 13.8 Å².